The van der Waals surface area contributed by atoms with E-state index in [-0.39, 0.29) is 5.69 Å². The van der Waals surface area contributed by atoms with Gasteiger partial charge in [0.2, 0.25) is 5.95 Å². The summed E-state index contributed by atoms with van der Waals surface area (Å²) >= 11 is 0. The van der Waals surface area contributed by atoms with E-state index in [0.717, 1.165) is 11.0 Å². The Morgan fingerprint density at radius 2 is 2.05 bits per heavy atom. The number of imidazole rings is 1. The summed E-state index contributed by atoms with van der Waals surface area (Å²) in [6.07, 6.45) is 0. The molecule has 1 heterocycles. The van der Waals surface area contributed by atoms with E-state index in [4.69, 9.17) is 4.74 Å². The number of methoxy groups -OCH3 is 1. The van der Waals surface area contributed by atoms with E-state index in [2.05, 4.69) is 10.3 Å². The smallest absolute Gasteiger partial charge is 0.271 e. The Balaban J connectivity index is 2.05. The van der Waals surface area contributed by atoms with E-state index in [0.29, 0.717) is 17.4 Å². The molecule has 112 valence electrons. The molecule has 0 saturated heterocycles. The van der Waals surface area contributed by atoms with Crippen molar-refractivity contribution in [3.63, 3.8) is 0 Å². The average Bonchev–Trinajstić information content (AvgIpc) is 2.84. The molecule has 1 N–H and O–H groups in total. The highest BCUT2D eigenvalue weighted by molar-refractivity contribution is 5.80. The second kappa shape index (κ2) is 5.36. The van der Waals surface area contributed by atoms with Crippen molar-refractivity contribution < 1.29 is 9.66 Å². The van der Waals surface area contributed by atoms with Crippen LogP contribution in [-0.2, 0) is 7.05 Å². The summed E-state index contributed by atoms with van der Waals surface area (Å²) < 4.78 is 7.13. The number of hydrogen-bond donors (Lipinski definition) is 1. The largest absolute Gasteiger partial charge is 0.495 e. The van der Waals surface area contributed by atoms with Crippen molar-refractivity contribution in [2.75, 3.05) is 12.4 Å². The molecule has 0 saturated carbocycles. The number of nitro groups is 1. The molecule has 0 atom stereocenters. The molecule has 0 aliphatic rings. The lowest BCUT2D eigenvalue weighted by molar-refractivity contribution is -0.384. The summed E-state index contributed by atoms with van der Waals surface area (Å²) in [7, 11) is 3.39. The maximum absolute atomic E-state index is 10.9. The van der Waals surface area contributed by atoms with Crippen LogP contribution >= 0.6 is 0 Å². The first-order valence-corrected chi connectivity index (χ1v) is 6.61. The Labute approximate surface area is 126 Å². The first-order chi connectivity index (χ1) is 10.6. The van der Waals surface area contributed by atoms with Gasteiger partial charge in [-0.2, -0.15) is 0 Å². The third-order valence-electron chi connectivity index (χ3n) is 3.43. The fourth-order valence-electron chi connectivity index (χ4n) is 2.28. The first kappa shape index (κ1) is 13.9. The number of aryl methyl sites for hydroxylation is 1. The molecular formula is C15H14N4O3. The highest BCUT2D eigenvalue weighted by Gasteiger charge is 2.14. The molecule has 0 amide bonds. The fourth-order valence-corrected chi connectivity index (χ4v) is 2.28. The molecular weight excluding hydrogens is 284 g/mol. The van der Waals surface area contributed by atoms with E-state index >= 15 is 0 Å². The Hall–Kier alpha value is -3.09. The van der Waals surface area contributed by atoms with E-state index in [9.17, 15) is 10.1 Å². The minimum Gasteiger partial charge on any atom is -0.495 e. The molecule has 0 bridgehead atoms. The molecule has 0 unspecified atom stereocenters. The van der Waals surface area contributed by atoms with Gasteiger partial charge in [-0.3, -0.25) is 10.1 Å². The quantitative estimate of drug-likeness (QED) is 0.590. The molecule has 0 aliphatic carbocycles. The standard InChI is InChI=1S/C15H14N4O3/c1-18-13-6-4-3-5-11(13)16-15(18)17-12-9-10(19(20)21)7-8-14(12)22-2/h3-9H,1-2H3,(H,16,17). The highest BCUT2D eigenvalue weighted by Crippen LogP contribution is 2.31. The molecule has 3 rings (SSSR count). The first-order valence-electron chi connectivity index (χ1n) is 6.61. The molecule has 0 spiro atoms. The third-order valence-corrected chi connectivity index (χ3v) is 3.43. The van der Waals surface area contributed by atoms with Crippen LogP contribution in [0.2, 0.25) is 0 Å². The molecule has 2 aromatic carbocycles. The molecule has 0 radical (unpaired) electrons. The average molecular weight is 298 g/mol. The lowest BCUT2D eigenvalue weighted by Gasteiger charge is -2.10. The number of anilines is 2. The van der Waals surface area contributed by atoms with Crippen LogP contribution < -0.4 is 10.1 Å². The van der Waals surface area contributed by atoms with E-state index < -0.39 is 4.92 Å². The summed E-state index contributed by atoms with van der Waals surface area (Å²) in [6.45, 7) is 0. The van der Waals surface area contributed by atoms with Crippen LogP contribution in [-0.4, -0.2) is 21.6 Å². The van der Waals surface area contributed by atoms with E-state index in [1.807, 2.05) is 35.9 Å². The maximum Gasteiger partial charge on any atom is 0.271 e. The van der Waals surface area contributed by atoms with Crippen LogP contribution in [0.15, 0.2) is 42.5 Å². The topological polar surface area (TPSA) is 82.2 Å². The van der Waals surface area contributed by atoms with Gasteiger partial charge in [-0.1, -0.05) is 12.1 Å². The van der Waals surface area contributed by atoms with Gasteiger partial charge in [-0.25, -0.2) is 4.98 Å². The zero-order valence-electron chi connectivity index (χ0n) is 12.1. The second-order valence-electron chi connectivity index (χ2n) is 4.75. The number of para-hydroxylation sites is 2. The van der Waals surface area contributed by atoms with Crippen LogP contribution in [0.4, 0.5) is 17.3 Å². The number of aromatic nitrogens is 2. The molecule has 22 heavy (non-hydrogen) atoms. The number of non-ortho nitro benzene ring substituents is 1. The van der Waals surface area contributed by atoms with Crippen molar-refractivity contribution in [2.45, 2.75) is 0 Å². The van der Waals surface area contributed by atoms with Crippen LogP contribution in [0.25, 0.3) is 11.0 Å². The van der Waals surface area contributed by atoms with Gasteiger partial charge < -0.3 is 14.6 Å². The summed E-state index contributed by atoms with van der Waals surface area (Å²) in [5.74, 6) is 1.10. The third kappa shape index (κ3) is 2.32. The van der Waals surface area contributed by atoms with E-state index in [1.54, 1.807) is 6.07 Å². The lowest BCUT2D eigenvalue weighted by Crippen LogP contribution is -2.01. The van der Waals surface area contributed by atoms with Gasteiger partial charge in [0.15, 0.2) is 0 Å². The Morgan fingerprint density at radius 1 is 1.27 bits per heavy atom. The summed E-state index contributed by atoms with van der Waals surface area (Å²) in [5.41, 5.74) is 2.29. The van der Waals surface area contributed by atoms with Crippen molar-refractivity contribution in [3.05, 3.63) is 52.6 Å². The van der Waals surface area contributed by atoms with Crippen molar-refractivity contribution in [1.82, 2.24) is 9.55 Å². The van der Waals surface area contributed by atoms with Crippen LogP contribution in [0, 0.1) is 10.1 Å². The van der Waals surface area contributed by atoms with E-state index in [1.165, 1.54) is 19.2 Å². The van der Waals surface area contributed by atoms with Gasteiger partial charge in [-0.05, 0) is 18.2 Å². The predicted octanol–water partition coefficient (Wildman–Crippen LogP) is 3.23. The number of hydrogen-bond acceptors (Lipinski definition) is 5. The number of nitro benzene ring substituents is 1. The Kier molecular flexibility index (Phi) is 3.38. The van der Waals surface area contributed by atoms with Crippen molar-refractivity contribution in [3.8, 4) is 5.75 Å². The van der Waals surface area contributed by atoms with Gasteiger partial charge in [0.1, 0.15) is 5.75 Å². The Morgan fingerprint density at radius 3 is 2.73 bits per heavy atom. The summed E-state index contributed by atoms with van der Waals surface area (Å²) in [6, 6.07) is 12.1. The number of nitrogens with zero attached hydrogens (tertiary/aromatic N) is 3. The molecule has 0 fully saturated rings. The number of rotatable bonds is 4. The molecule has 1 aromatic heterocycles. The van der Waals surface area contributed by atoms with Gasteiger partial charge in [0.25, 0.3) is 5.69 Å². The molecule has 0 aliphatic heterocycles. The van der Waals surface area contributed by atoms with Gasteiger partial charge in [0.05, 0.1) is 28.8 Å². The lowest BCUT2D eigenvalue weighted by atomic mass is 10.2. The number of nitrogens with one attached hydrogen (secondary N) is 1. The van der Waals surface area contributed by atoms with Gasteiger partial charge in [0, 0.05) is 19.2 Å². The molecule has 7 heteroatoms. The molecule has 7 nitrogen and oxygen atoms in total. The monoisotopic (exact) mass is 298 g/mol. The van der Waals surface area contributed by atoms with Crippen LogP contribution in [0.5, 0.6) is 5.75 Å². The van der Waals surface area contributed by atoms with Crippen molar-refractivity contribution in [1.29, 1.82) is 0 Å². The van der Waals surface area contributed by atoms with Crippen LogP contribution in [0.3, 0.4) is 0 Å². The minimum absolute atomic E-state index is 0.0120. The SMILES string of the molecule is COc1ccc([N+](=O)[O-])cc1Nc1nc2ccccc2n1C. The summed E-state index contributed by atoms with van der Waals surface area (Å²) in [4.78, 5) is 15.0. The zero-order chi connectivity index (χ0) is 15.7. The predicted molar refractivity (Wildman–Crippen MR) is 83.6 cm³/mol. The Bertz CT molecular complexity index is 857. The van der Waals surface area contributed by atoms with Gasteiger partial charge in [-0.15, -0.1) is 0 Å². The van der Waals surface area contributed by atoms with Gasteiger partial charge >= 0.3 is 0 Å². The zero-order valence-corrected chi connectivity index (χ0v) is 12.1. The number of benzene rings is 2. The number of ether oxygens (including phenoxy) is 1. The fraction of sp³-hybridized carbons (Fsp3) is 0.133. The number of fused-ring (bicyclic) bond motifs is 1. The van der Waals surface area contributed by atoms with Crippen LogP contribution in [0.1, 0.15) is 0 Å². The maximum atomic E-state index is 10.9. The molecule has 3 aromatic rings. The van der Waals surface area contributed by atoms with Crippen molar-refractivity contribution >= 4 is 28.4 Å². The minimum atomic E-state index is -0.445. The highest BCUT2D eigenvalue weighted by atomic mass is 16.6. The normalized spacial score (nSPS) is 10.6. The second-order valence-corrected chi connectivity index (χ2v) is 4.75. The summed E-state index contributed by atoms with van der Waals surface area (Å²) in [5, 5.41) is 14.0. The van der Waals surface area contributed by atoms with Crippen molar-refractivity contribution in [2.24, 2.45) is 7.05 Å².